The number of benzene rings is 2. The number of carbonyl (C=O) groups excluding carboxylic acids is 1. The van der Waals surface area contributed by atoms with Crippen LogP contribution in [-0.4, -0.2) is 20.9 Å². The summed E-state index contributed by atoms with van der Waals surface area (Å²) in [5.41, 5.74) is 2.56. The molecule has 0 saturated carbocycles. The zero-order chi connectivity index (χ0) is 18.6. The second kappa shape index (κ2) is 8.20. The van der Waals surface area contributed by atoms with Gasteiger partial charge in [-0.15, -0.1) is 0 Å². The van der Waals surface area contributed by atoms with Gasteiger partial charge in [-0.1, -0.05) is 17.7 Å². The van der Waals surface area contributed by atoms with Gasteiger partial charge in [0.05, 0.1) is 4.90 Å². The van der Waals surface area contributed by atoms with Crippen molar-refractivity contribution in [1.29, 1.82) is 0 Å². The molecule has 0 saturated heterocycles. The molecule has 7 heteroatoms. The standard InChI is InChI=1S/C19H20ClNO4S/c20-16-7-10-18(11-8-16)26(23,24)21-12-2-5-19(22)25-17-9-6-14-3-1-4-15(14)13-17/h6-11,13,21H,1-5,12H2. The summed E-state index contributed by atoms with van der Waals surface area (Å²) >= 11 is 5.75. The van der Waals surface area contributed by atoms with Gasteiger partial charge in [0.2, 0.25) is 10.0 Å². The van der Waals surface area contributed by atoms with E-state index in [1.165, 1.54) is 35.4 Å². The lowest BCUT2D eigenvalue weighted by molar-refractivity contribution is -0.134. The summed E-state index contributed by atoms with van der Waals surface area (Å²) in [6.45, 7) is 0.157. The smallest absolute Gasteiger partial charge is 0.311 e. The molecule has 2 aromatic rings. The first-order chi connectivity index (χ1) is 12.4. The molecule has 3 rings (SSSR count). The molecule has 0 aliphatic heterocycles. The van der Waals surface area contributed by atoms with E-state index in [1.807, 2.05) is 18.2 Å². The molecule has 138 valence electrons. The maximum Gasteiger partial charge on any atom is 0.311 e. The van der Waals surface area contributed by atoms with Crippen molar-refractivity contribution in [2.24, 2.45) is 0 Å². The first-order valence-corrected chi connectivity index (χ1v) is 10.4. The zero-order valence-corrected chi connectivity index (χ0v) is 15.8. The first kappa shape index (κ1) is 18.9. The number of aryl methyl sites for hydroxylation is 2. The van der Waals surface area contributed by atoms with E-state index >= 15 is 0 Å². The summed E-state index contributed by atoms with van der Waals surface area (Å²) in [7, 11) is -3.60. The lowest BCUT2D eigenvalue weighted by Gasteiger charge is -2.08. The topological polar surface area (TPSA) is 72.5 Å². The zero-order valence-electron chi connectivity index (χ0n) is 14.2. The Bertz CT molecular complexity index is 894. The number of halogens is 1. The lowest BCUT2D eigenvalue weighted by Crippen LogP contribution is -2.25. The van der Waals surface area contributed by atoms with Crippen LogP contribution in [0.25, 0.3) is 0 Å². The van der Waals surface area contributed by atoms with E-state index in [0.29, 0.717) is 17.2 Å². The number of rotatable bonds is 7. The summed E-state index contributed by atoms with van der Waals surface area (Å²) < 4.78 is 32.0. The Morgan fingerprint density at radius 2 is 1.81 bits per heavy atom. The molecule has 1 aliphatic rings. The number of ether oxygens (including phenoxy) is 1. The monoisotopic (exact) mass is 393 g/mol. The van der Waals surface area contributed by atoms with Crippen molar-refractivity contribution < 1.29 is 17.9 Å². The van der Waals surface area contributed by atoms with E-state index in [2.05, 4.69) is 4.72 Å². The van der Waals surface area contributed by atoms with Crippen LogP contribution in [0.4, 0.5) is 0 Å². The molecule has 1 N–H and O–H groups in total. The average molecular weight is 394 g/mol. The van der Waals surface area contributed by atoms with Crippen molar-refractivity contribution in [3.8, 4) is 5.75 Å². The predicted molar refractivity (Wildman–Crippen MR) is 100.0 cm³/mol. The van der Waals surface area contributed by atoms with Crippen LogP contribution in [0.5, 0.6) is 5.75 Å². The summed E-state index contributed by atoms with van der Waals surface area (Å²) in [6.07, 6.45) is 3.74. The molecule has 5 nitrogen and oxygen atoms in total. The Hall–Kier alpha value is -1.89. The van der Waals surface area contributed by atoms with E-state index < -0.39 is 10.0 Å². The van der Waals surface area contributed by atoms with Crippen molar-refractivity contribution in [2.75, 3.05) is 6.54 Å². The molecule has 0 atom stereocenters. The van der Waals surface area contributed by atoms with Crippen LogP contribution >= 0.6 is 11.6 Å². The highest BCUT2D eigenvalue weighted by Gasteiger charge is 2.15. The third-order valence-corrected chi connectivity index (χ3v) is 6.00. The Morgan fingerprint density at radius 1 is 1.08 bits per heavy atom. The quantitative estimate of drug-likeness (QED) is 0.444. The highest BCUT2D eigenvalue weighted by atomic mass is 35.5. The molecule has 0 bridgehead atoms. The fourth-order valence-corrected chi connectivity index (χ4v) is 4.13. The van der Waals surface area contributed by atoms with E-state index in [0.717, 1.165) is 19.3 Å². The van der Waals surface area contributed by atoms with Gasteiger partial charge >= 0.3 is 5.97 Å². The predicted octanol–water partition coefficient (Wildman–Crippen LogP) is 3.49. The highest BCUT2D eigenvalue weighted by molar-refractivity contribution is 7.89. The molecular weight excluding hydrogens is 374 g/mol. The number of fused-ring (bicyclic) bond motifs is 1. The van der Waals surface area contributed by atoms with E-state index in [-0.39, 0.29) is 23.8 Å². The molecular formula is C19H20ClNO4S. The summed E-state index contributed by atoms with van der Waals surface area (Å²) in [5.74, 6) is 0.186. The molecule has 2 aromatic carbocycles. The number of nitrogens with one attached hydrogen (secondary N) is 1. The number of esters is 1. The number of hydrogen-bond acceptors (Lipinski definition) is 4. The minimum absolute atomic E-state index is 0.139. The SMILES string of the molecule is O=C(CCCNS(=O)(=O)c1ccc(Cl)cc1)Oc1ccc2c(c1)CCC2. The van der Waals surface area contributed by atoms with Gasteiger partial charge in [0, 0.05) is 18.0 Å². The van der Waals surface area contributed by atoms with Crippen LogP contribution in [0.15, 0.2) is 47.4 Å². The van der Waals surface area contributed by atoms with Gasteiger partial charge < -0.3 is 4.74 Å². The minimum Gasteiger partial charge on any atom is -0.427 e. The van der Waals surface area contributed by atoms with Gasteiger partial charge in [-0.2, -0.15) is 0 Å². The largest absolute Gasteiger partial charge is 0.427 e. The second-order valence-electron chi connectivity index (χ2n) is 6.21. The molecule has 0 amide bonds. The van der Waals surface area contributed by atoms with Gasteiger partial charge in [0.15, 0.2) is 0 Å². The Labute approximate surface area is 158 Å². The van der Waals surface area contributed by atoms with E-state index in [9.17, 15) is 13.2 Å². The van der Waals surface area contributed by atoms with E-state index in [4.69, 9.17) is 16.3 Å². The summed E-state index contributed by atoms with van der Waals surface area (Å²) in [6, 6.07) is 11.6. The summed E-state index contributed by atoms with van der Waals surface area (Å²) in [5, 5.41) is 0.471. The fraction of sp³-hybridized carbons (Fsp3) is 0.316. The van der Waals surface area contributed by atoms with Crippen molar-refractivity contribution >= 4 is 27.6 Å². The molecule has 0 unspecified atom stereocenters. The molecule has 0 spiro atoms. The van der Waals surface area contributed by atoms with Crippen LogP contribution in [-0.2, 0) is 27.7 Å². The van der Waals surface area contributed by atoms with Crippen molar-refractivity contribution in [2.45, 2.75) is 37.0 Å². The fourth-order valence-electron chi connectivity index (χ4n) is 2.93. The molecule has 0 aromatic heterocycles. The van der Waals surface area contributed by atoms with Crippen molar-refractivity contribution in [3.63, 3.8) is 0 Å². The molecule has 1 aliphatic carbocycles. The Morgan fingerprint density at radius 3 is 2.58 bits per heavy atom. The van der Waals surface area contributed by atoms with Gasteiger partial charge in [-0.25, -0.2) is 13.1 Å². The van der Waals surface area contributed by atoms with Crippen LogP contribution in [0.1, 0.15) is 30.4 Å². The third kappa shape index (κ3) is 4.84. The number of hydrogen-bond donors (Lipinski definition) is 1. The van der Waals surface area contributed by atoms with Gasteiger partial charge in [0.1, 0.15) is 5.75 Å². The molecule has 0 fully saturated rings. The normalized spacial score (nSPS) is 13.4. The van der Waals surface area contributed by atoms with Crippen molar-refractivity contribution in [3.05, 3.63) is 58.6 Å². The Kier molecular flexibility index (Phi) is 5.96. The van der Waals surface area contributed by atoms with Crippen LogP contribution in [0.2, 0.25) is 5.02 Å². The molecule has 0 heterocycles. The van der Waals surface area contributed by atoms with Crippen LogP contribution in [0, 0.1) is 0 Å². The van der Waals surface area contributed by atoms with E-state index in [1.54, 1.807) is 0 Å². The minimum atomic E-state index is -3.60. The summed E-state index contributed by atoms with van der Waals surface area (Å²) in [4.78, 5) is 12.1. The van der Waals surface area contributed by atoms with Crippen LogP contribution in [0.3, 0.4) is 0 Å². The third-order valence-electron chi connectivity index (χ3n) is 4.28. The number of carbonyl (C=O) groups is 1. The maximum atomic E-state index is 12.1. The Balaban J connectivity index is 1.44. The number of sulfonamides is 1. The maximum absolute atomic E-state index is 12.1. The van der Waals surface area contributed by atoms with Gasteiger partial charge in [0.25, 0.3) is 0 Å². The average Bonchev–Trinajstić information content (AvgIpc) is 3.07. The second-order valence-corrected chi connectivity index (χ2v) is 8.42. The molecule has 26 heavy (non-hydrogen) atoms. The highest BCUT2D eigenvalue weighted by Crippen LogP contribution is 2.26. The van der Waals surface area contributed by atoms with Crippen molar-refractivity contribution in [1.82, 2.24) is 4.72 Å². The van der Waals surface area contributed by atoms with Gasteiger partial charge in [-0.05, 0) is 73.2 Å². The van der Waals surface area contributed by atoms with Gasteiger partial charge in [-0.3, -0.25) is 4.79 Å². The first-order valence-electron chi connectivity index (χ1n) is 8.52. The lowest BCUT2D eigenvalue weighted by atomic mass is 10.1. The van der Waals surface area contributed by atoms with Crippen LogP contribution < -0.4 is 9.46 Å². The molecule has 0 radical (unpaired) electrons.